The summed E-state index contributed by atoms with van der Waals surface area (Å²) >= 11 is 0. The number of carbonyl (C=O) groups is 1. The summed E-state index contributed by atoms with van der Waals surface area (Å²) in [6.45, 7) is 0.436. The second kappa shape index (κ2) is 7.79. The fraction of sp³-hybridized carbons (Fsp3) is 0.188. The van der Waals surface area contributed by atoms with Crippen molar-refractivity contribution in [2.24, 2.45) is 0 Å². The Hall–Kier alpha value is -2.69. The van der Waals surface area contributed by atoms with Gasteiger partial charge in [0.25, 0.3) is 0 Å². The van der Waals surface area contributed by atoms with Crippen LogP contribution in [0.1, 0.15) is 0 Å². The van der Waals surface area contributed by atoms with Gasteiger partial charge in [0.1, 0.15) is 24.7 Å². The van der Waals surface area contributed by atoms with Crippen molar-refractivity contribution in [2.75, 3.05) is 25.6 Å². The highest BCUT2D eigenvalue weighted by Crippen LogP contribution is 2.18. The zero-order chi connectivity index (χ0) is 14.9. The van der Waals surface area contributed by atoms with Gasteiger partial charge in [-0.15, -0.1) is 0 Å². The molecule has 2 aromatic rings. The third-order valence-electron chi connectivity index (χ3n) is 2.65. The zero-order valence-electron chi connectivity index (χ0n) is 11.7. The van der Waals surface area contributed by atoms with Crippen LogP contribution in [0.15, 0.2) is 54.6 Å². The first-order valence-electron chi connectivity index (χ1n) is 6.53. The van der Waals surface area contributed by atoms with Crippen molar-refractivity contribution in [3.63, 3.8) is 0 Å². The van der Waals surface area contributed by atoms with Crippen LogP contribution in [-0.2, 0) is 4.74 Å². The lowest BCUT2D eigenvalue weighted by Crippen LogP contribution is -2.17. The van der Waals surface area contributed by atoms with E-state index in [1.54, 1.807) is 25.3 Å². The first kappa shape index (κ1) is 14.7. The van der Waals surface area contributed by atoms with Gasteiger partial charge >= 0.3 is 6.09 Å². The van der Waals surface area contributed by atoms with Crippen LogP contribution in [0.2, 0.25) is 0 Å². The van der Waals surface area contributed by atoms with Gasteiger partial charge in [0, 0.05) is 11.8 Å². The molecule has 0 fully saturated rings. The van der Waals surface area contributed by atoms with Crippen LogP contribution >= 0.6 is 0 Å². The average Bonchev–Trinajstić information content (AvgIpc) is 2.53. The molecule has 0 heterocycles. The number of methoxy groups -OCH3 is 1. The predicted octanol–water partition coefficient (Wildman–Crippen LogP) is 3.32. The van der Waals surface area contributed by atoms with Crippen molar-refractivity contribution in [3.05, 3.63) is 54.6 Å². The molecule has 2 aromatic carbocycles. The summed E-state index contributed by atoms with van der Waals surface area (Å²) in [5, 5.41) is 2.62. The number of benzene rings is 2. The number of hydrogen-bond acceptors (Lipinski definition) is 4. The lowest BCUT2D eigenvalue weighted by Gasteiger charge is -2.09. The zero-order valence-corrected chi connectivity index (χ0v) is 11.7. The van der Waals surface area contributed by atoms with Gasteiger partial charge in [-0.25, -0.2) is 4.79 Å². The van der Waals surface area contributed by atoms with Gasteiger partial charge in [-0.2, -0.15) is 0 Å². The Morgan fingerprint density at radius 2 is 1.76 bits per heavy atom. The molecule has 1 amide bonds. The molecule has 0 radical (unpaired) electrons. The SMILES string of the molecule is COc1cccc(OCCOC(=O)Nc2ccccc2)c1. The van der Waals surface area contributed by atoms with Gasteiger partial charge < -0.3 is 14.2 Å². The normalized spacial score (nSPS) is 9.76. The molecular formula is C16H17NO4. The van der Waals surface area contributed by atoms with Crippen molar-refractivity contribution < 1.29 is 19.0 Å². The number of carbonyl (C=O) groups excluding carboxylic acids is 1. The van der Waals surface area contributed by atoms with Gasteiger partial charge in [0.2, 0.25) is 0 Å². The highest BCUT2D eigenvalue weighted by atomic mass is 16.6. The molecule has 0 bridgehead atoms. The Labute approximate surface area is 123 Å². The highest BCUT2D eigenvalue weighted by Gasteiger charge is 2.03. The lowest BCUT2D eigenvalue weighted by molar-refractivity contribution is 0.137. The lowest BCUT2D eigenvalue weighted by atomic mass is 10.3. The first-order chi connectivity index (χ1) is 10.3. The molecule has 0 spiro atoms. The monoisotopic (exact) mass is 287 g/mol. The Bertz CT molecular complexity index is 571. The Morgan fingerprint density at radius 1 is 1.00 bits per heavy atom. The van der Waals surface area contributed by atoms with Gasteiger partial charge in [-0.1, -0.05) is 24.3 Å². The topological polar surface area (TPSA) is 56.8 Å². The molecule has 0 aliphatic carbocycles. The van der Waals surface area contributed by atoms with E-state index in [1.165, 1.54) is 0 Å². The van der Waals surface area contributed by atoms with Gasteiger partial charge in [-0.05, 0) is 24.3 Å². The van der Waals surface area contributed by atoms with Crippen molar-refractivity contribution in [1.29, 1.82) is 0 Å². The van der Waals surface area contributed by atoms with E-state index in [1.807, 2.05) is 36.4 Å². The van der Waals surface area contributed by atoms with E-state index >= 15 is 0 Å². The van der Waals surface area contributed by atoms with Crippen LogP contribution < -0.4 is 14.8 Å². The summed E-state index contributed by atoms with van der Waals surface area (Å²) in [6.07, 6.45) is -0.504. The molecule has 5 heteroatoms. The molecule has 0 aliphatic rings. The molecule has 5 nitrogen and oxygen atoms in total. The van der Waals surface area contributed by atoms with Crippen molar-refractivity contribution in [1.82, 2.24) is 0 Å². The maximum Gasteiger partial charge on any atom is 0.411 e. The molecule has 110 valence electrons. The molecule has 0 aromatic heterocycles. The largest absolute Gasteiger partial charge is 0.497 e. The molecule has 2 rings (SSSR count). The maximum absolute atomic E-state index is 11.5. The fourth-order valence-electron chi connectivity index (χ4n) is 1.66. The second-order valence-electron chi connectivity index (χ2n) is 4.15. The molecule has 21 heavy (non-hydrogen) atoms. The summed E-state index contributed by atoms with van der Waals surface area (Å²) in [5.74, 6) is 1.39. The third kappa shape index (κ3) is 5.06. The van der Waals surface area contributed by atoms with Gasteiger partial charge in [-0.3, -0.25) is 5.32 Å². The molecule has 1 N–H and O–H groups in total. The van der Waals surface area contributed by atoms with Crippen LogP contribution in [0.5, 0.6) is 11.5 Å². The Balaban J connectivity index is 1.68. The number of rotatable bonds is 6. The van der Waals surface area contributed by atoms with Crippen LogP contribution in [0.25, 0.3) is 0 Å². The maximum atomic E-state index is 11.5. The molecule has 0 aliphatic heterocycles. The minimum absolute atomic E-state index is 0.163. The third-order valence-corrected chi connectivity index (χ3v) is 2.65. The van der Waals surface area contributed by atoms with E-state index in [-0.39, 0.29) is 13.2 Å². The number of hydrogen-bond donors (Lipinski definition) is 1. The second-order valence-corrected chi connectivity index (χ2v) is 4.15. The van der Waals surface area contributed by atoms with E-state index in [9.17, 15) is 4.79 Å². The van der Waals surface area contributed by atoms with Crippen LogP contribution in [0, 0.1) is 0 Å². The van der Waals surface area contributed by atoms with Gasteiger partial charge in [0.05, 0.1) is 7.11 Å². The smallest absolute Gasteiger partial charge is 0.411 e. The van der Waals surface area contributed by atoms with Crippen LogP contribution in [0.3, 0.4) is 0 Å². The van der Waals surface area contributed by atoms with E-state index in [2.05, 4.69) is 5.32 Å². The minimum Gasteiger partial charge on any atom is -0.497 e. The molecule has 0 unspecified atom stereocenters. The van der Waals surface area contributed by atoms with Crippen molar-refractivity contribution >= 4 is 11.8 Å². The highest BCUT2D eigenvalue weighted by molar-refractivity contribution is 5.84. The molecule has 0 saturated carbocycles. The molecule has 0 saturated heterocycles. The first-order valence-corrected chi connectivity index (χ1v) is 6.53. The summed E-state index contributed by atoms with van der Waals surface area (Å²) in [4.78, 5) is 11.5. The summed E-state index contributed by atoms with van der Waals surface area (Å²) in [6, 6.07) is 16.4. The van der Waals surface area contributed by atoms with E-state index in [0.29, 0.717) is 11.4 Å². The summed E-state index contributed by atoms with van der Waals surface area (Å²) < 4.78 is 15.6. The number of anilines is 1. The quantitative estimate of drug-likeness (QED) is 0.828. The fourth-order valence-corrected chi connectivity index (χ4v) is 1.66. The minimum atomic E-state index is -0.504. The molecule has 0 atom stereocenters. The number of ether oxygens (including phenoxy) is 3. The number of para-hydroxylation sites is 1. The van der Waals surface area contributed by atoms with E-state index in [4.69, 9.17) is 14.2 Å². The average molecular weight is 287 g/mol. The van der Waals surface area contributed by atoms with Crippen molar-refractivity contribution in [2.45, 2.75) is 0 Å². The summed E-state index contributed by atoms with van der Waals surface area (Å²) in [5.41, 5.74) is 0.691. The van der Waals surface area contributed by atoms with Crippen LogP contribution in [-0.4, -0.2) is 26.4 Å². The van der Waals surface area contributed by atoms with Gasteiger partial charge in [0.15, 0.2) is 0 Å². The molecular weight excluding hydrogens is 270 g/mol. The number of nitrogens with one attached hydrogen (secondary N) is 1. The number of amides is 1. The van der Waals surface area contributed by atoms with E-state index in [0.717, 1.165) is 5.75 Å². The standard InChI is InChI=1S/C16H17NO4/c1-19-14-8-5-9-15(12-14)20-10-11-21-16(18)17-13-6-3-2-4-7-13/h2-9,12H,10-11H2,1H3,(H,17,18). The van der Waals surface area contributed by atoms with Crippen LogP contribution in [0.4, 0.5) is 10.5 Å². The van der Waals surface area contributed by atoms with Crippen molar-refractivity contribution in [3.8, 4) is 11.5 Å². The predicted molar refractivity (Wildman–Crippen MR) is 79.9 cm³/mol. The summed E-state index contributed by atoms with van der Waals surface area (Å²) in [7, 11) is 1.59. The Morgan fingerprint density at radius 3 is 2.52 bits per heavy atom. The Kier molecular flexibility index (Phi) is 5.46. The van der Waals surface area contributed by atoms with E-state index < -0.39 is 6.09 Å².